The molecular formula is C18H23N3O. The molecule has 2 amide bonds. The summed E-state index contributed by atoms with van der Waals surface area (Å²) in [7, 11) is 4.04. The summed E-state index contributed by atoms with van der Waals surface area (Å²) >= 11 is 0. The molecule has 0 bridgehead atoms. The molecule has 0 radical (unpaired) electrons. The summed E-state index contributed by atoms with van der Waals surface area (Å²) in [4.78, 5) is 14.0. The second kappa shape index (κ2) is 7.50. The van der Waals surface area contributed by atoms with Crippen LogP contribution in [0.2, 0.25) is 0 Å². The Morgan fingerprint density at radius 1 is 1.05 bits per heavy atom. The van der Waals surface area contributed by atoms with Crippen molar-refractivity contribution in [1.82, 2.24) is 5.32 Å². The van der Waals surface area contributed by atoms with E-state index in [1.54, 1.807) is 0 Å². The van der Waals surface area contributed by atoms with Crippen LogP contribution in [0.1, 0.15) is 12.5 Å². The first-order valence-electron chi connectivity index (χ1n) is 7.43. The Hall–Kier alpha value is -2.49. The van der Waals surface area contributed by atoms with E-state index < -0.39 is 0 Å². The zero-order valence-electron chi connectivity index (χ0n) is 13.3. The third-order valence-electron chi connectivity index (χ3n) is 3.40. The number of hydrogen-bond donors (Lipinski definition) is 2. The van der Waals surface area contributed by atoms with Crippen molar-refractivity contribution < 1.29 is 4.79 Å². The van der Waals surface area contributed by atoms with Gasteiger partial charge in [0.1, 0.15) is 0 Å². The van der Waals surface area contributed by atoms with Gasteiger partial charge in [-0.2, -0.15) is 0 Å². The monoisotopic (exact) mass is 297 g/mol. The van der Waals surface area contributed by atoms with Crippen LogP contribution in [0.15, 0.2) is 54.6 Å². The molecule has 0 saturated carbocycles. The van der Waals surface area contributed by atoms with E-state index in [9.17, 15) is 4.79 Å². The molecule has 0 fully saturated rings. The molecule has 4 heteroatoms. The van der Waals surface area contributed by atoms with E-state index in [1.165, 1.54) is 11.3 Å². The normalized spacial score (nSPS) is 11.6. The second-order valence-electron chi connectivity index (χ2n) is 5.63. The van der Waals surface area contributed by atoms with Crippen LogP contribution in [0.5, 0.6) is 0 Å². The van der Waals surface area contributed by atoms with Crippen LogP contribution in [0.4, 0.5) is 16.2 Å². The summed E-state index contributed by atoms with van der Waals surface area (Å²) in [6, 6.07) is 17.7. The van der Waals surface area contributed by atoms with E-state index in [2.05, 4.69) is 39.8 Å². The molecular weight excluding hydrogens is 274 g/mol. The first-order valence-corrected chi connectivity index (χ1v) is 7.43. The lowest BCUT2D eigenvalue weighted by molar-refractivity contribution is 0.249. The molecule has 0 aliphatic carbocycles. The van der Waals surface area contributed by atoms with Gasteiger partial charge in [-0.05, 0) is 43.2 Å². The number of anilines is 2. The molecule has 2 aromatic rings. The van der Waals surface area contributed by atoms with Gasteiger partial charge in [-0.15, -0.1) is 0 Å². The number of hydrogen-bond acceptors (Lipinski definition) is 2. The summed E-state index contributed by atoms with van der Waals surface area (Å²) < 4.78 is 0. The number of carbonyl (C=O) groups excluding carboxylic acids is 1. The molecule has 116 valence electrons. The molecule has 0 unspecified atom stereocenters. The molecule has 1 atom stereocenters. The van der Waals surface area contributed by atoms with Gasteiger partial charge in [0, 0.05) is 31.5 Å². The minimum absolute atomic E-state index is 0.0638. The van der Waals surface area contributed by atoms with Crippen molar-refractivity contribution in [2.45, 2.75) is 19.4 Å². The minimum atomic E-state index is -0.177. The van der Waals surface area contributed by atoms with Gasteiger partial charge in [0.15, 0.2) is 0 Å². The Morgan fingerprint density at radius 3 is 2.27 bits per heavy atom. The summed E-state index contributed by atoms with van der Waals surface area (Å²) in [5.74, 6) is 0. The lowest BCUT2D eigenvalue weighted by atomic mass is 10.1. The van der Waals surface area contributed by atoms with Crippen molar-refractivity contribution in [3.05, 3.63) is 60.2 Å². The smallest absolute Gasteiger partial charge is 0.319 e. The maximum absolute atomic E-state index is 11.9. The standard InChI is InChI=1S/C18H23N3O/c1-14(13-15-9-11-17(12-10-15)21(2)3)19-18(22)20-16-7-5-4-6-8-16/h4-12,14H,13H2,1-3H3,(H2,19,20,22)/t14-/m0/s1. The molecule has 2 aromatic carbocycles. The van der Waals surface area contributed by atoms with E-state index in [0.717, 1.165) is 12.1 Å². The predicted octanol–water partition coefficient (Wildman–Crippen LogP) is 3.51. The molecule has 0 aliphatic rings. The third-order valence-corrected chi connectivity index (χ3v) is 3.40. The quantitative estimate of drug-likeness (QED) is 0.887. The summed E-state index contributed by atoms with van der Waals surface area (Å²) in [5.41, 5.74) is 3.17. The molecule has 0 saturated heterocycles. The molecule has 2 N–H and O–H groups in total. The zero-order valence-corrected chi connectivity index (χ0v) is 13.3. The molecule has 2 rings (SSSR count). The van der Waals surface area contributed by atoms with E-state index in [0.29, 0.717) is 0 Å². The average Bonchev–Trinajstić information content (AvgIpc) is 2.48. The highest BCUT2D eigenvalue weighted by atomic mass is 16.2. The average molecular weight is 297 g/mol. The zero-order chi connectivity index (χ0) is 15.9. The number of benzene rings is 2. The van der Waals surface area contributed by atoms with E-state index in [1.807, 2.05) is 51.4 Å². The van der Waals surface area contributed by atoms with Gasteiger partial charge in [-0.1, -0.05) is 30.3 Å². The fourth-order valence-electron chi connectivity index (χ4n) is 2.25. The highest BCUT2D eigenvalue weighted by Gasteiger charge is 2.08. The van der Waals surface area contributed by atoms with Crippen LogP contribution < -0.4 is 15.5 Å². The molecule has 4 nitrogen and oxygen atoms in total. The highest BCUT2D eigenvalue weighted by Crippen LogP contribution is 2.13. The molecule has 0 aromatic heterocycles. The summed E-state index contributed by atoms with van der Waals surface area (Å²) in [6.07, 6.45) is 0.802. The van der Waals surface area contributed by atoms with Crippen molar-refractivity contribution >= 4 is 17.4 Å². The lowest BCUT2D eigenvalue weighted by Crippen LogP contribution is -2.37. The van der Waals surface area contributed by atoms with Crippen molar-refractivity contribution in [2.75, 3.05) is 24.3 Å². The van der Waals surface area contributed by atoms with Crippen molar-refractivity contribution in [2.24, 2.45) is 0 Å². The predicted molar refractivity (Wildman–Crippen MR) is 92.5 cm³/mol. The third kappa shape index (κ3) is 4.81. The number of carbonyl (C=O) groups is 1. The fourth-order valence-corrected chi connectivity index (χ4v) is 2.25. The maximum atomic E-state index is 11.9. The van der Waals surface area contributed by atoms with Gasteiger partial charge < -0.3 is 15.5 Å². The van der Waals surface area contributed by atoms with Crippen LogP contribution in [-0.4, -0.2) is 26.2 Å². The van der Waals surface area contributed by atoms with Crippen LogP contribution in [0.3, 0.4) is 0 Å². The number of amides is 2. The molecule has 0 aliphatic heterocycles. The number of urea groups is 1. The minimum Gasteiger partial charge on any atom is -0.378 e. The van der Waals surface area contributed by atoms with Crippen molar-refractivity contribution in [3.8, 4) is 0 Å². The van der Waals surface area contributed by atoms with Crippen molar-refractivity contribution in [3.63, 3.8) is 0 Å². The highest BCUT2D eigenvalue weighted by molar-refractivity contribution is 5.89. The van der Waals surface area contributed by atoms with E-state index >= 15 is 0 Å². The van der Waals surface area contributed by atoms with Crippen molar-refractivity contribution in [1.29, 1.82) is 0 Å². The maximum Gasteiger partial charge on any atom is 0.319 e. The fraction of sp³-hybridized carbons (Fsp3) is 0.278. The Balaban J connectivity index is 1.84. The van der Waals surface area contributed by atoms with Gasteiger partial charge >= 0.3 is 6.03 Å². The first-order chi connectivity index (χ1) is 10.5. The van der Waals surface area contributed by atoms with E-state index in [-0.39, 0.29) is 12.1 Å². The topological polar surface area (TPSA) is 44.4 Å². The Labute approximate surface area is 132 Å². The SMILES string of the molecule is C[C@@H](Cc1ccc(N(C)C)cc1)NC(=O)Nc1ccccc1. The largest absolute Gasteiger partial charge is 0.378 e. The van der Waals surface area contributed by atoms with Crippen LogP contribution in [0.25, 0.3) is 0 Å². The van der Waals surface area contributed by atoms with Gasteiger partial charge in [0.05, 0.1) is 0 Å². The van der Waals surface area contributed by atoms with Gasteiger partial charge in [-0.25, -0.2) is 4.79 Å². The Morgan fingerprint density at radius 2 is 1.68 bits per heavy atom. The first kappa shape index (κ1) is 15.9. The second-order valence-corrected chi connectivity index (χ2v) is 5.63. The number of para-hydroxylation sites is 1. The molecule has 0 spiro atoms. The number of rotatable bonds is 5. The Kier molecular flexibility index (Phi) is 5.42. The Bertz CT molecular complexity index is 593. The van der Waals surface area contributed by atoms with Gasteiger partial charge in [-0.3, -0.25) is 0 Å². The molecule has 22 heavy (non-hydrogen) atoms. The van der Waals surface area contributed by atoms with E-state index in [4.69, 9.17) is 0 Å². The van der Waals surface area contributed by atoms with Gasteiger partial charge in [0.2, 0.25) is 0 Å². The number of nitrogens with one attached hydrogen (secondary N) is 2. The van der Waals surface area contributed by atoms with Crippen LogP contribution in [-0.2, 0) is 6.42 Å². The molecule has 0 heterocycles. The number of nitrogens with zero attached hydrogens (tertiary/aromatic N) is 1. The summed E-state index contributed by atoms with van der Waals surface area (Å²) in [5, 5.41) is 5.78. The summed E-state index contributed by atoms with van der Waals surface area (Å²) in [6.45, 7) is 2.00. The lowest BCUT2D eigenvalue weighted by Gasteiger charge is -2.16. The van der Waals surface area contributed by atoms with Crippen LogP contribution in [0, 0.1) is 0 Å². The van der Waals surface area contributed by atoms with Crippen LogP contribution >= 0.6 is 0 Å². The van der Waals surface area contributed by atoms with Gasteiger partial charge in [0.25, 0.3) is 0 Å².